The summed E-state index contributed by atoms with van der Waals surface area (Å²) in [6.45, 7) is 2.23. The fourth-order valence-corrected chi connectivity index (χ4v) is 5.12. The molecule has 1 aromatic rings. The SMILES string of the molecule is CO[C@]1(C)C[C@@H](c2ccccc2)[C@@]23O[C@@]2(C[C@@H]2OC23)C1. The predicted octanol–water partition coefficient (Wildman–Crippen LogP) is 2.65. The number of hydrogen-bond donors (Lipinski definition) is 0. The van der Waals surface area contributed by atoms with E-state index in [-0.39, 0.29) is 16.8 Å². The number of fused-ring (bicyclic) bond motifs is 1. The lowest BCUT2D eigenvalue weighted by molar-refractivity contribution is -0.0440. The highest BCUT2D eigenvalue weighted by Gasteiger charge is 2.90. The molecule has 2 saturated heterocycles. The fourth-order valence-electron chi connectivity index (χ4n) is 5.12. The van der Waals surface area contributed by atoms with Gasteiger partial charge in [-0.25, -0.2) is 0 Å². The average Bonchev–Trinajstić information content (AvgIpc) is 3.34. The Labute approximate surface area is 119 Å². The minimum Gasteiger partial charge on any atom is -0.378 e. The molecule has 0 amide bonds. The predicted molar refractivity (Wildman–Crippen MR) is 73.7 cm³/mol. The Morgan fingerprint density at radius 1 is 1.20 bits per heavy atom. The zero-order valence-corrected chi connectivity index (χ0v) is 12.0. The summed E-state index contributed by atoms with van der Waals surface area (Å²) >= 11 is 0. The van der Waals surface area contributed by atoms with Crippen molar-refractivity contribution in [2.24, 2.45) is 0 Å². The third-order valence-corrected chi connectivity index (χ3v) is 6.08. The van der Waals surface area contributed by atoms with Crippen LogP contribution in [0.3, 0.4) is 0 Å². The van der Waals surface area contributed by atoms with Crippen molar-refractivity contribution in [1.82, 2.24) is 0 Å². The maximum absolute atomic E-state index is 6.40. The molecule has 2 heterocycles. The molecule has 1 unspecified atom stereocenters. The highest BCUT2D eigenvalue weighted by Crippen LogP contribution is 2.77. The Hall–Kier alpha value is -0.900. The maximum atomic E-state index is 6.40. The lowest BCUT2D eigenvalue weighted by Crippen LogP contribution is -2.48. The molecule has 3 heteroatoms. The number of rotatable bonds is 2. The van der Waals surface area contributed by atoms with E-state index in [1.165, 1.54) is 5.56 Å². The van der Waals surface area contributed by atoms with Crippen molar-refractivity contribution in [2.45, 2.75) is 61.1 Å². The van der Waals surface area contributed by atoms with E-state index in [0.717, 1.165) is 19.3 Å². The van der Waals surface area contributed by atoms with Gasteiger partial charge in [-0.05, 0) is 18.9 Å². The minimum absolute atomic E-state index is 0.0180. The molecule has 2 saturated carbocycles. The van der Waals surface area contributed by atoms with E-state index in [2.05, 4.69) is 37.3 Å². The van der Waals surface area contributed by atoms with Crippen LogP contribution in [0.15, 0.2) is 30.3 Å². The van der Waals surface area contributed by atoms with Crippen molar-refractivity contribution in [3.05, 3.63) is 35.9 Å². The Morgan fingerprint density at radius 2 is 2.00 bits per heavy atom. The molecule has 1 aromatic carbocycles. The second-order valence-electron chi connectivity index (χ2n) is 7.19. The second-order valence-corrected chi connectivity index (χ2v) is 7.19. The first-order valence-electron chi connectivity index (χ1n) is 7.58. The molecule has 5 rings (SSSR count). The number of ether oxygens (including phenoxy) is 3. The van der Waals surface area contributed by atoms with Gasteiger partial charge in [0.15, 0.2) is 0 Å². The summed E-state index contributed by atoms with van der Waals surface area (Å²) in [6.07, 6.45) is 3.85. The molecule has 0 aromatic heterocycles. The molecule has 4 aliphatic rings. The lowest BCUT2D eigenvalue weighted by Gasteiger charge is -2.41. The Balaban J connectivity index is 1.62. The summed E-state index contributed by atoms with van der Waals surface area (Å²) in [5, 5.41) is 0. The summed E-state index contributed by atoms with van der Waals surface area (Å²) < 4.78 is 18.1. The van der Waals surface area contributed by atoms with E-state index < -0.39 is 0 Å². The molecule has 20 heavy (non-hydrogen) atoms. The van der Waals surface area contributed by atoms with E-state index >= 15 is 0 Å². The van der Waals surface area contributed by atoms with Gasteiger partial charge in [0, 0.05) is 25.9 Å². The molecule has 4 fully saturated rings. The second kappa shape index (κ2) is 3.29. The molecule has 106 valence electrons. The first kappa shape index (κ1) is 11.7. The van der Waals surface area contributed by atoms with Gasteiger partial charge in [0.2, 0.25) is 0 Å². The summed E-state index contributed by atoms with van der Waals surface area (Å²) in [5.41, 5.74) is 1.24. The van der Waals surface area contributed by atoms with Crippen LogP contribution >= 0.6 is 0 Å². The number of hydrogen-bond acceptors (Lipinski definition) is 3. The quantitative estimate of drug-likeness (QED) is 0.776. The highest BCUT2D eigenvalue weighted by atomic mass is 16.7. The summed E-state index contributed by atoms with van der Waals surface area (Å²) in [5.74, 6) is 0.389. The van der Waals surface area contributed by atoms with Gasteiger partial charge in [-0.3, -0.25) is 0 Å². The van der Waals surface area contributed by atoms with Crippen LogP contribution in [0.5, 0.6) is 0 Å². The summed E-state index contributed by atoms with van der Waals surface area (Å²) in [4.78, 5) is 0. The van der Waals surface area contributed by atoms with Gasteiger partial charge in [0.05, 0.1) is 11.7 Å². The molecule has 0 bridgehead atoms. The Bertz CT molecular complexity index is 573. The molecular formula is C17H20O3. The first-order chi connectivity index (χ1) is 9.63. The lowest BCUT2D eigenvalue weighted by atomic mass is 9.65. The Morgan fingerprint density at radius 3 is 2.75 bits per heavy atom. The van der Waals surface area contributed by atoms with Crippen LogP contribution in [-0.4, -0.2) is 36.1 Å². The molecule has 0 spiro atoms. The maximum Gasteiger partial charge on any atom is 0.134 e. The van der Waals surface area contributed by atoms with Gasteiger partial charge in [0.25, 0.3) is 0 Å². The smallest absolute Gasteiger partial charge is 0.134 e. The van der Waals surface area contributed by atoms with Crippen LogP contribution in [0, 0.1) is 0 Å². The monoisotopic (exact) mass is 272 g/mol. The van der Waals surface area contributed by atoms with Crippen LogP contribution in [0.25, 0.3) is 0 Å². The fraction of sp³-hybridized carbons (Fsp3) is 0.647. The van der Waals surface area contributed by atoms with E-state index in [0.29, 0.717) is 18.1 Å². The van der Waals surface area contributed by atoms with E-state index in [1.807, 2.05) is 7.11 Å². The standard InChI is InChI=1S/C17H20O3/c1-15(18-2)8-12(11-6-4-3-5-7-11)17-14-13(19-14)9-16(17,10-15)20-17/h3-7,12-14H,8-10H2,1-2H3/t12-,13-,14?,15+,16-,17-/m0/s1. The molecule has 2 aliphatic carbocycles. The number of methoxy groups -OCH3 is 1. The van der Waals surface area contributed by atoms with Crippen LogP contribution in [0.4, 0.5) is 0 Å². The molecular weight excluding hydrogens is 252 g/mol. The molecule has 0 radical (unpaired) electrons. The highest BCUT2D eigenvalue weighted by molar-refractivity contribution is 5.43. The van der Waals surface area contributed by atoms with Gasteiger partial charge in [-0.2, -0.15) is 0 Å². The first-order valence-corrected chi connectivity index (χ1v) is 7.58. The normalized spacial score (nSPS) is 54.8. The third kappa shape index (κ3) is 1.19. The van der Waals surface area contributed by atoms with E-state index in [1.54, 1.807) is 0 Å². The van der Waals surface area contributed by atoms with Crippen molar-refractivity contribution in [1.29, 1.82) is 0 Å². The van der Waals surface area contributed by atoms with Crippen LogP contribution in [-0.2, 0) is 14.2 Å². The molecule has 6 atom stereocenters. The van der Waals surface area contributed by atoms with Gasteiger partial charge < -0.3 is 14.2 Å². The molecule has 3 nitrogen and oxygen atoms in total. The zero-order valence-electron chi connectivity index (χ0n) is 12.0. The van der Waals surface area contributed by atoms with Gasteiger partial charge in [-0.15, -0.1) is 0 Å². The van der Waals surface area contributed by atoms with Crippen LogP contribution in [0.1, 0.15) is 37.7 Å². The minimum atomic E-state index is -0.0860. The third-order valence-electron chi connectivity index (χ3n) is 6.08. The largest absolute Gasteiger partial charge is 0.378 e. The molecule has 0 N–H and O–H groups in total. The number of epoxide rings is 2. The van der Waals surface area contributed by atoms with Crippen LogP contribution in [0.2, 0.25) is 0 Å². The van der Waals surface area contributed by atoms with Gasteiger partial charge in [0.1, 0.15) is 17.3 Å². The van der Waals surface area contributed by atoms with Crippen molar-refractivity contribution in [2.75, 3.05) is 7.11 Å². The number of benzene rings is 1. The van der Waals surface area contributed by atoms with Crippen molar-refractivity contribution in [3.63, 3.8) is 0 Å². The zero-order chi connectivity index (χ0) is 13.6. The van der Waals surface area contributed by atoms with Crippen molar-refractivity contribution < 1.29 is 14.2 Å². The van der Waals surface area contributed by atoms with Crippen molar-refractivity contribution >= 4 is 0 Å². The van der Waals surface area contributed by atoms with Crippen LogP contribution < -0.4 is 0 Å². The summed E-state index contributed by atoms with van der Waals surface area (Å²) in [7, 11) is 1.83. The van der Waals surface area contributed by atoms with Gasteiger partial charge >= 0.3 is 0 Å². The summed E-state index contributed by atoms with van der Waals surface area (Å²) in [6, 6.07) is 10.8. The Kier molecular flexibility index (Phi) is 1.93. The van der Waals surface area contributed by atoms with E-state index in [4.69, 9.17) is 14.2 Å². The van der Waals surface area contributed by atoms with E-state index in [9.17, 15) is 0 Å². The topological polar surface area (TPSA) is 34.3 Å². The molecule has 2 aliphatic heterocycles. The van der Waals surface area contributed by atoms with Gasteiger partial charge in [-0.1, -0.05) is 30.3 Å². The average molecular weight is 272 g/mol. The van der Waals surface area contributed by atoms with Crippen molar-refractivity contribution in [3.8, 4) is 0 Å².